The molecular weight excluding hydrogens is 288 g/mol. The molecule has 0 radical (unpaired) electrons. The molecular formula is C17H33ClO3. The van der Waals surface area contributed by atoms with Crippen LogP contribution >= 0.6 is 11.6 Å². The minimum absolute atomic E-state index is 0.434. The molecule has 1 atom stereocenters. The maximum atomic E-state index is 11.2. The monoisotopic (exact) mass is 320 g/mol. The number of unbranched alkanes of at least 4 members (excludes halogenated alkanes) is 10. The highest BCUT2D eigenvalue weighted by molar-refractivity contribution is 6.20. The lowest BCUT2D eigenvalue weighted by molar-refractivity contribution is 0.0439. The number of carbonyl (C=O) groups is 1. The van der Waals surface area contributed by atoms with E-state index in [0.717, 1.165) is 12.8 Å². The number of carbonyl (C=O) groups excluding carboxylic acids is 1. The number of ether oxygens (including phenoxy) is 2. The Labute approximate surface area is 135 Å². The lowest BCUT2D eigenvalue weighted by Gasteiger charge is -2.09. The molecule has 0 aromatic heterocycles. The second-order valence-corrected chi connectivity index (χ2v) is 6.06. The molecule has 0 aliphatic rings. The van der Waals surface area contributed by atoms with E-state index in [1.54, 1.807) is 0 Å². The molecule has 0 amide bonds. The smallest absolute Gasteiger partial charge is 0.434 e. The van der Waals surface area contributed by atoms with Crippen LogP contribution < -0.4 is 0 Å². The van der Waals surface area contributed by atoms with Crippen LogP contribution in [-0.2, 0) is 9.47 Å². The van der Waals surface area contributed by atoms with E-state index >= 15 is 0 Å². The molecule has 0 bridgehead atoms. The Kier molecular flexibility index (Phi) is 15.6. The van der Waals surface area contributed by atoms with Gasteiger partial charge in [-0.2, -0.15) is 0 Å². The molecule has 21 heavy (non-hydrogen) atoms. The molecule has 126 valence electrons. The van der Waals surface area contributed by atoms with Crippen LogP contribution in [0.1, 0.15) is 90.9 Å². The molecule has 3 nitrogen and oxygen atoms in total. The maximum absolute atomic E-state index is 11.2. The van der Waals surface area contributed by atoms with Crippen LogP contribution in [0.2, 0.25) is 0 Å². The fourth-order valence-corrected chi connectivity index (χ4v) is 2.22. The molecule has 0 heterocycles. The van der Waals surface area contributed by atoms with Crippen molar-refractivity contribution in [2.75, 3.05) is 6.61 Å². The summed E-state index contributed by atoms with van der Waals surface area (Å²) < 4.78 is 9.76. The minimum atomic E-state index is -0.649. The summed E-state index contributed by atoms with van der Waals surface area (Å²) in [6, 6.07) is 0. The summed E-state index contributed by atoms with van der Waals surface area (Å²) in [5, 5.41) is 0. The van der Waals surface area contributed by atoms with Crippen LogP contribution in [0, 0.1) is 0 Å². The molecule has 0 aromatic carbocycles. The zero-order valence-electron chi connectivity index (χ0n) is 13.9. The summed E-state index contributed by atoms with van der Waals surface area (Å²) in [4.78, 5) is 11.2. The van der Waals surface area contributed by atoms with E-state index in [0.29, 0.717) is 13.0 Å². The molecule has 0 aliphatic heterocycles. The van der Waals surface area contributed by atoms with E-state index < -0.39 is 11.7 Å². The Bertz CT molecular complexity index is 234. The van der Waals surface area contributed by atoms with Crippen LogP contribution in [0.3, 0.4) is 0 Å². The van der Waals surface area contributed by atoms with Crippen molar-refractivity contribution in [3.05, 3.63) is 0 Å². The summed E-state index contributed by atoms with van der Waals surface area (Å²) in [5.41, 5.74) is -0.574. The first-order valence-electron chi connectivity index (χ1n) is 8.68. The standard InChI is InChI=1S/C17H33ClO3/c1-3-5-6-7-8-9-10-11-12-13-14-15-20-17(19)21-16(18)4-2/h16H,3-15H2,1-2H3. The van der Waals surface area contributed by atoms with Crippen molar-refractivity contribution in [1.29, 1.82) is 0 Å². The van der Waals surface area contributed by atoms with Gasteiger partial charge in [-0.3, -0.25) is 0 Å². The van der Waals surface area contributed by atoms with Crippen LogP contribution in [0.15, 0.2) is 0 Å². The molecule has 0 saturated carbocycles. The van der Waals surface area contributed by atoms with Crippen LogP contribution in [0.5, 0.6) is 0 Å². The largest absolute Gasteiger partial charge is 0.509 e. The molecule has 0 fully saturated rings. The number of hydrogen-bond donors (Lipinski definition) is 0. The second kappa shape index (κ2) is 15.9. The van der Waals surface area contributed by atoms with E-state index in [1.165, 1.54) is 57.8 Å². The van der Waals surface area contributed by atoms with E-state index in [1.807, 2.05) is 6.92 Å². The predicted molar refractivity (Wildman–Crippen MR) is 88.8 cm³/mol. The Morgan fingerprint density at radius 2 is 1.33 bits per heavy atom. The van der Waals surface area contributed by atoms with Crippen molar-refractivity contribution in [3.63, 3.8) is 0 Å². The molecule has 0 aliphatic carbocycles. The Balaban J connectivity index is 3.13. The van der Waals surface area contributed by atoms with Crippen LogP contribution in [0.25, 0.3) is 0 Å². The quantitative estimate of drug-likeness (QED) is 0.210. The molecule has 0 saturated heterocycles. The summed E-state index contributed by atoms with van der Waals surface area (Å²) in [5.74, 6) is 0. The second-order valence-electron chi connectivity index (χ2n) is 5.57. The average Bonchev–Trinajstić information content (AvgIpc) is 2.48. The Morgan fingerprint density at radius 3 is 1.81 bits per heavy atom. The first kappa shape index (κ1) is 20.6. The molecule has 0 rings (SSSR count). The zero-order valence-corrected chi connectivity index (χ0v) is 14.6. The van der Waals surface area contributed by atoms with Gasteiger partial charge in [-0.1, -0.05) is 89.7 Å². The number of alkyl halides is 1. The van der Waals surface area contributed by atoms with Crippen molar-refractivity contribution in [3.8, 4) is 0 Å². The van der Waals surface area contributed by atoms with Gasteiger partial charge in [0.15, 0.2) is 5.56 Å². The predicted octanol–water partition coefficient (Wildman–Crippen LogP) is 6.43. The molecule has 1 unspecified atom stereocenters. The van der Waals surface area contributed by atoms with Crippen molar-refractivity contribution < 1.29 is 14.3 Å². The lowest BCUT2D eigenvalue weighted by Crippen LogP contribution is -2.13. The average molecular weight is 321 g/mol. The first-order valence-corrected chi connectivity index (χ1v) is 9.11. The van der Waals surface area contributed by atoms with Crippen molar-refractivity contribution in [2.24, 2.45) is 0 Å². The van der Waals surface area contributed by atoms with Crippen molar-refractivity contribution >= 4 is 17.8 Å². The van der Waals surface area contributed by atoms with Gasteiger partial charge in [0.1, 0.15) is 0 Å². The summed E-state index contributed by atoms with van der Waals surface area (Å²) in [6.45, 7) is 4.54. The van der Waals surface area contributed by atoms with Gasteiger partial charge in [-0.15, -0.1) is 0 Å². The van der Waals surface area contributed by atoms with Crippen molar-refractivity contribution in [2.45, 2.75) is 96.5 Å². The number of hydrogen-bond acceptors (Lipinski definition) is 3. The number of rotatable bonds is 14. The van der Waals surface area contributed by atoms with Gasteiger partial charge in [0.05, 0.1) is 6.61 Å². The fraction of sp³-hybridized carbons (Fsp3) is 0.941. The van der Waals surface area contributed by atoms with Gasteiger partial charge in [0, 0.05) is 0 Å². The van der Waals surface area contributed by atoms with E-state index in [9.17, 15) is 4.79 Å². The first-order chi connectivity index (χ1) is 10.2. The van der Waals surface area contributed by atoms with Crippen LogP contribution in [0.4, 0.5) is 4.79 Å². The van der Waals surface area contributed by atoms with E-state index in [2.05, 4.69) is 6.92 Å². The van der Waals surface area contributed by atoms with Gasteiger partial charge in [0.2, 0.25) is 0 Å². The highest BCUT2D eigenvalue weighted by atomic mass is 35.5. The number of halogens is 1. The Hall–Kier alpha value is -0.440. The lowest BCUT2D eigenvalue weighted by atomic mass is 10.1. The summed E-state index contributed by atoms with van der Waals surface area (Å²) in [6.07, 6.45) is 14.0. The van der Waals surface area contributed by atoms with Crippen LogP contribution in [-0.4, -0.2) is 18.3 Å². The SMILES string of the molecule is CCCCCCCCCCCCCOC(=O)OC(Cl)CC. The topological polar surface area (TPSA) is 35.5 Å². The van der Waals surface area contributed by atoms with Gasteiger partial charge >= 0.3 is 6.16 Å². The highest BCUT2D eigenvalue weighted by Crippen LogP contribution is 2.11. The highest BCUT2D eigenvalue weighted by Gasteiger charge is 2.09. The van der Waals surface area contributed by atoms with Gasteiger partial charge < -0.3 is 9.47 Å². The molecule has 0 aromatic rings. The third kappa shape index (κ3) is 15.8. The minimum Gasteiger partial charge on any atom is -0.434 e. The van der Waals surface area contributed by atoms with Crippen molar-refractivity contribution in [1.82, 2.24) is 0 Å². The fourth-order valence-electron chi connectivity index (χ4n) is 2.14. The summed E-state index contributed by atoms with van der Waals surface area (Å²) >= 11 is 5.69. The normalized spacial score (nSPS) is 12.1. The molecule has 0 N–H and O–H groups in total. The Morgan fingerprint density at radius 1 is 0.857 bits per heavy atom. The summed E-state index contributed by atoms with van der Waals surface area (Å²) in [7, 11) is 0. The van der Waals surface area contributed by atoms with Gasteiger partial charge in [-0.05, 0) is 12.8 Å². The molecule has 4 heteroatoms. The van der Waals surface area contributed by atoms with E-state index in [4.69, 9.17) is 21.1 Å². The van der Waals surface area contributed by atoms with Gasteiger partial charge in [0.25, 0.3) is 0 Å². The maximum Gasteiger partial charge on any atom is 0.509 e. The molecule has 0 spiro atoms. The third-order valence-electron chi connectivity index (χ3n) is 3.51. The van der Waals surface area contributed by atoms with E-state index in [-0.39, 0.29) is 0 Å². The zero-order chi connectivity index (χ0) is 15.8. The van der Waals surface area contributed by atoms with Gasteiger partial charge in [-0.25, -0.2) is 4.79 Å². The third-order valence-corrected chi connectivity index (χ3v) is 3.91.